The number of rotatable bonds is 9. The summed E-state index contributed by atoms with van der Waals surface area (Å²) in [4.78, 5) is 43.3. The number of ether oxygens (including phenoxy) is 1. The molecule has 222 valence electrons. The number of hydrogen-bond donors (Lipinski definition) is 2. The van der Waals surface area contributed by atoms with Crippen molar-refractivity contribution in [3.63, 3.8) is 0 Å². The Hall–Kier alpha value is -2.09. The SMILES string of the molecule is C[C@@H]1[C@@H]([Si](C)(C)O)[C@H](CC(=O)N(CCO)Cc2ccccc2)O[C@@]12C(=O)N(Cc1ccc(I)cc1)c1ccc(Br)cc12. The van der Waals surface area contributed by atoms with E-state index in [0.29, 0.717) is 13.1 Å². The van der Waals surface area contributed by atoms with Gasteiger partial charge in [-0.2, -0.15) is 0 Å². The molecule has 2 amide bonds. The van der Waals surface area contributed by atoms with Crippen LogP contribution in [0.1, 0.15) is 30.0 Å². The fourth-order valence-corrected chi connectivity index (χ4v) is 9.97. The third-order valence-electron chi connectivity index (χ3n) is 8.51. The molecule has 0 aliphatic carbocycles. The van der Waals surface area contributed by atoms with Gasteiger partial charge in [0.2, 0.25) is 5.91 Å². The average Bonchev–Trinajstić information content (AvgIpc) is 3.36. The minimum Gasteiger partial charge on any atom is -0.432 e. The van der Waals surface area contributed by atoms with Gasteiger partial charge in [-0.05, 0) is 77.1 Å². The van der Waals surface area contributed by atoms with Gasteiger partial charge in [-0.25, -0.2) is 0 Å². The maximum Gasteiger partial charge on any atom is 0.264 e. The molecule has 2 heterocycles. The van der Waals surface area contributed by atoms with Crippen LogP contribution in [-0.4, -0.2) is 54.2 Å². The van der Waals surface area contributed by atoms with Crippen molar-refractivity contribution in [3.8, 4) is 0 Å². The van der Waals surface area contributed by atoms with Gasteiger partial charge in [-0.1, -0.05) is 65.3 Å². The van der Waals surface area contributed by atoms with Gasteiger partial charge in [-0.3, -0.25) is 9.59 Å². The van der Waals surface area contributed by atoms with Gasteiger partial charge >= 0.3 is 0 Å². The Kier molecular flexibility index (Phi) is 9.32. The number of carbonyl (C=O) groups is 2. The zero-order valence-corrected chi connectivity index (χ0v) is 28.7. The van der Waals surface area contributed by atoms with E-state index in [2.05, 4.69) is 38.5 Å². The number of anilines is 1. The second-order valence-electron chi connectivity index (χ2n) is 11.8. The Balaban J connectivity index is 1.50. The van der Waals surface area contributed by atoms with Crippen molar-refractivity contribution in [2.75, 3.05) is 18.1 Å². The number of fused-ring (bicyclic) bond motifs is 2. The molecule has 0 unspecified atom stereocenters. The first-order valence-corrected chi connectivity index (χ1v) is 19.0. The molecule has 10 heteroatoms. The molecule has 2 N–H and O–H groups in total. The van der Waals surface area contributed by atoms with E-state index < -0.39 is 20.0 Å². The van der Waals surface area contributed by atoms with Crippen LogP contribution in [0.3, 0.4) is 0 Å². The van der Waals surface area contributed by atoms with E-state index in [0.717, 1.165) is 30.4 Å². The number of nitrogens with zero attached hydrogens (tertiary/aromatic N) is 2. The minimum absolute atomic E-state index is 0.00825. The van der Waals surface area contributed by atoms with E-state index in [1.807, 2.05) is 92.8 Å². The molecule has 0 saturated carbocycles. The quantitative estimate of drug-likeness (QED) is 0.212. The maximum atomic E-state index is 14.6. The van der Waals surface area contributed by atoms with Gasteiger partial charge in [0.15, 0.2) is 13.9 Å². The number of hydrogen-bond acceptors (Lipinski definition) is 5. The summed E-state index contributed by atoms with van der Waals surface area (Å²) >= 11 is 5.86. The Labute approximate surface area is 270 Å². The maximum absolute atomic E-state index is 14.6. The molecule has 1 spiro atoms. The molecule has 2 aliphatic heterocycles. The molecule has 2 aliphatic rings. The van der Waals surface area contributed by atoms with Gasteiger partial charge in [0.05, 0.1) is 31.4 Å². The predicted octanol–water partition coefficient (Wildman–Crippen LogP) is 5.81. The Bertz CT molecular complexity index is 1450. The van der Waals surface area contributed by atoms with Crippen molar-refractivity contribution in [3.05, 3.63) is 97.5 Å². The van der Waals surface area contributed by atoms with Crippen LogP contribution in [0.2, 0.25) is 18.6 Å². The molecule has 0 radical (unpaired) electrons. The summed E-state index contributed by atoms with van der Waals surface area (Å²) in [6, 6.07) is 23.5. The van der Waals surface area contributed by atoms with Gasteiger partial charge in [0.1, 0.15) is 0 Å². The number of aliphatic hydroxyl groups is 1. The van der Waals surface area contributed by atoms with E-state index in [1.54, 1.807) is 9.80 Å². The molecule has 3 aromatic carbocycles. The van der Waals surface area contributed by atoms with Crippen LogP contribution < -0.4 is 4.90 Å². The average molecular weight is 764 g/mol. The van der Waals surface area contributed by atoms with Crippen LogP contribution in [0.15, 0.2) is 77.3 Å². The Morgan fingerprint density at radius 3 is 2.43 bits per heavy atom. The molecule has 5 rings (SSSR count). The highest BCUT2D eigenvalue weighted by molar-refractivity contribution is 14.1. The second kappa shape index (κ2) is 12.5. The molecule has 1 saturated heterocycles. The van der Waals surface area contributed by atoms with Gasteiger partial charge in [0, 0.05) is 38.2 Å². The van der Waals surface area contributed by atoms with Gasteiger partial charge < -0.3 is 24.4 Å². The van der Waals surface area contributed by atoms with Crippen molar-refractivity contribution < 1.29 is 24.2 Å². The Morgan fingerprint density at radius 1 is 1.10 bits per heavy atom. The molecule has 4 atom stereocenters. The molecule has 0 bridgehead atoms. The zero-order chi connectivity index (χ0) is 30.2. The van der Waals surface area contributed by atoms with Gasteiger partial charge in [0.25, 0.3) is 5.91 Å². The molecule has 3 aromatic rings. The van der Waals surface area contributed by atoms with Crippen LogP contribution >= 0.6 is 38.5 Å². The fourth-order valence-electron chi connectivity index (χ4n) is 6.70. The highest BCUT2D eigenvalue weighted by Crippen LogP contribution is 2.60. The summed E-state index contributed by atoms with van der Waals surface area (Å²) in [7, 11) is -2.93. The molecular weight excluding hydrogens is 727 g/mol. The highest BCUT2D eigenvalue weighted by Gasteiger charge is 2.66. The first kappa shape index (κ1) is 31.3. The molecule has 7 nitrogen and oxygen atoms in total. The summed E-state index contributed by atoms with van der Waals surface area (Å²) in [5.74, 6) is -0.720. The third-order valence-corrected chi connectivity index (χ3v) is 12.2. The lowest BCUT2D eigenvalue weighted by Crippen LogP contribution is -2.46. The number of amides is 2. The first-order valence-electron chi connectivity index (χ1n) is 14.1. The standard InChI is InChI=1S/C32H36BrIN2O5Si/c1-21-30(42(2,3)40)28(18-29(38)35(15-16-37)19-22-7-5-4-6-8-22)41-32(21)26-17-24(33)11-14-27(26)36(31(32)39)20-23-9-12-25(34)13-10-23/h4-14,17,21,28,30,37,40H,15-16,18-20H2,1-3H3/t21-,28+,30-,32+/m1/s1. The van der Waals surface area contributed by atoms with Crippen molar-refractivity contribution in [1.82, 2.24) is 4.90 Å². The van der Waals surface area contributed by atoms with Crippen LogP contribution in [0, 0.1) is 9.49 Å². The van der Waals surface area contributed by atoms with Crippen LogP contribution in [-0.2, 0) is 33.0 Å². The summed E-state index contributed by atoms with van der Waals surface area (Å²) in [5.41, 5.74) is 1.80. The smallest absolute Gasteiger partial charge is 0.264 e. The van der Waals surface area contributed by atoms with E-state index in [-0.39, 0.29) is 42.8 Å². The largest absolute Gasteiger partial charge is 0.432 e. The third kappa shape index (κ3) is 5.98. The summed E-state index contributed by atoms with van der Waals surface area (Å²) in [6.07, 6.45) is -0.654. The highest BCUT2D eigenvalue weighted by atomic mass is 127. The van der Waals surface area contributed by atoms with E-state index >= 15 is 0 Å². The van der Waals surface area contributed by atoms with Crippen molar-refractivity contribution in [2.45, 2.75) is 56.8 Å². The normalized spacial score (nSPS) is 23.5. The van der Waals surface area contributed by atoms with Crippen molar-refractivity contribution >= 4 is 64.3 Å². The molecule has 1 fully saturated rings. The summed E-state index contributed by atoms with van der Waals surface area (Å²) < 4.78 is 8.79. The monoisotopic (exact) mass is 762 g/mol. The second-order valence-corrected chi connectivity index (χ2v) is 17.9. The van der Waals surface area contributed by atoms with Crippen LogP contribution in [0.5, 0.6) is 0 Å². The molecule has 0 aromatic heterocycles. The number of carbonyl (C=O) groups excluding carboxylic acids is 2. The lowest BCUT2D eigenvalue weighted by atomic mass is 9.82. The number of benzene rings is 3. The van der Waals surface area contributed by atoms with Gasteiger partial charge in [-0.15, -0.1) is 0 Å². The number of aliphatic hydroxyl groups excluding tert-OH is 1. The van der Waals surface area contributed by atoms with E-state index in [9.17, 15) is 19.5 Å². The Morgan fingerprint density at radius 2 is 1.79 bits per heavy atom. The van der Waals surface area contributed by atoms with Crippen molar-refractivity contribution in [2.24, 2.45) is 5.92 Å². The van der Waals surface area contributed by atoms with Crippen LogP contribution in [0.25, 0.3) is 0 Å². The predicted molar refractivity (Wildman–Crippen MR) is 177 cm³/mol. The van der Waals surface area contributed by atoms with E-state index in [4.69, 9.17) is 4.74 Å². The first-order chi connectivity index (χ1) is 20.0. The minimum atomic E-state index is -2.93. The summed E-state index contributed by atoms with van der Waals surface area (Å²) in [5, 5.41) is 9.74. The number of halogens is 2. The zero-order valence-electron chi connectivity index (χ0n) is 24.0. The topological polar surface area (TPSA) is 90.3 Å². The lowest BCUT2D eigenvalue weighted by Gasteiger charge is -2.32. The summed E-state index contributed by atoms with van der Waals surface area (Å²) in [6.45, 7) is 6.45. The van der Waals surface area contributed by atoms with E-state index in [1.165, 1.54) is 0 Å². The van der Waals surface area contributed by atoms with Crippen LogP contribution in [0.4, 0.5) is 5.69 Å². The van der Waals surface area contributed by atoms with Crippen molar-refractivity contribution in [1.29, 1.82) is 0 Å². The molecule has 42 heavy (non-hydrogen) atoms. The molecular formula is C32H36BrIN2O5Si. The lowest BCUT2D eigenvalue weighted by molar-refractivity contribution is -0.150. The fraction of sp³-hybridized carbons (Fsp3) is 0.375.